The monoisotopic (exact) mass is 455 g/mol. The van der Waals surface area contributed by atoms with Crippen LogP contribution in [0.4, 0.5) is 0 Å². The summed E-state index contributed by atoms with van der Waals surface area (Å²) in [7, 11) is 0. The van der Waals surface area contributed by atoms with E-state index >= 15 is 0 Å². The van der Waals surface area contributed by atoms with Gasteiger partial charge in [0.15, 0.2) is 5.69 Å². The van der Waals surface area contributed by atoms with Gasteiger partial charge in [-0.2, -0.15) is 5.10 Å². The Morgan fingerprint density at radius 2 is 1.78 bits per heavy atom. The Morgan fingerprint density at radius 3 is 2.47 bits per heavy atom. The molecule has 1 aromatic carbocycles. The molecule has 8 nitrogen and oxygen atoms in total. The molecule has 0 saturated heterocycles. The van der Waals surface area contributed by atoms with Gasteiger partial charge in [0.1, 0.15) is 4.88 Å². The summed E-state index contributed by atoms with van der Waals surface area (Å²) in [5.41, 5.74) is 5.40. The molecule has 0 fully saturated rings. The Kier molecular flexibility index (Phi) is 7.74. The number of amides is 2. The summed E-state index contributed by atoms with van der Waals surface area (Å²) in [6.45, 7) is 8.47. The Labute approximate surface area is 191 Å². The molecule has 3 aromatic rings. The van der Waals surface area contributed by atoms with Crippen LogP contribution >= 0.6 is 11.3 Å². The van der Waals surface area contributed by atoms with Crippen molar-refractivity contribution in [3.05, 3.63) is 55.9 Å². The highest BCUT2D eigenvalue weighted by atomic mass is 32.1. The van der Waals surface area contributed by atoms with Crippen molar-refractivity contribution in [2.24, 2.45) is 5.92 Å². The number of hydrogen-bond acceptors (Lipinski definition) is 6. The van der Waals surface area contributed by atoms with Crippen LogP contribution < -0.4 is 16.4 Å². The standard InChI is InChI=1S/C23H29N5O3S/c1-5-6-9-12-28-23(31)17-11-8-7-10-16(17)19(27-28)21(29)25-26-22(30)20-15(4)24-18(32-20)13-14(2)3/h7-8,10-11,14H,5-6,9,12-13H2,1-4H3,(H,25,29)(H,26,30). The van der Waals surface area contributed by atoms with Gasteiger partial charge in [0.05, 0.1) is 16.1 Å². The van der Waals surface area contributed by atoms with Crippen molar-refractivity contribution < 1.29 is 9.59 Å². The zero-order valence-corrected chi connectivity index (χ0v) is 19.7. The molecule has 2 aromatic heterocycles. The minimum absolute atomic E-state index is 0.0959. The Balaban J connectivity index is 1.81. The van der Waals surface area contributed by atoms with Crippen molar-refractivity contribution in [1.29, 1.82) is 0 Å². The lowest BCUT2D eigenvalue weighted by atomic mass is 10.1. The first-order valence-corrected chi connectivity index (χ1v) is 11.7. The molecular weight excluding hydrogens is 426 g/mol. The van der Waals surface area contributed by atoms with E-state index in [1.54, 1.807) is 31.2 Å². The SMILES string of the molecule is CCCCCn1nc(C(=O)NNC(=O)c2sc(CC(C)C)nc2C)c2ccccc2c1=O. The average molecular weight is 456 g/mol. The van der Waals surface area contributed by atoms with Crippen LogP contribution in [0, 0.1) is 12.8 Å². The zero-order chi connectivity index (χ0) is 23.3. The Morgan fingerprint density at radius 1 is 1.09 bits per heavy atom. The van der Waals surface area contributed by atoms with E-state index in [0.717, 1.165) is 30.7 Å². The highest BCUT2D eigenvalue weighted by molar-refractivity contribution is 7.13. The minimum Gasteiger partial charge on any atom is -0.267 e. The van der Waals surface area contributed by atoms with Crippen molar-refractivity contribution in [2.75, 3.05) is 0 Å². The fourth-order valence-electron chi connectivity index (χ4n) is 3.39. The number of rotatable bonds is 8. The molecule has 0 aliphatic rings. The molecule has 0 radical (unpaired) electrons. The number of nitrogens with one attached hydrogen (secondary N) is 2. The topological polar surface area (TPSA) is 106 Å². The van der Waals surface area contributed by atoms with Crippen LogP contribution in [0.5, 0.6) is 0 Å². The Bertz CT molecular complexity index is 1180. The molecule has 0 spiro atoms. The second kappa shape index (κ2) is 10.5. The van der Waals surface area contributed by atoms with Gasteiger partial charge < -0.3 is 0 Å². The number of benzene rings is 1. The summed E-state index contributed by atoms with van der Waals surface area (Å²) in [6, 6.07) is 6.87. The predicted molar refractivity (Wildman–Crippen MR) is 126 cm³/mol. The van der Waals surface area contributed by atoms with Crippen molar-refractivity contribution in [1.82, 2.24) is 25.6 Å². The summed E-state index contributed by atoms with van der Waals surface area (Å²) < 4.78 is 1.33. The van der Waals surface area contributed by atoms with Gasteiger partial charge in [0.25, 0.3) is 17.4 Å². The van der Waals surface area contributed by atoms with E-state index in [-0.39, 0.29) is 11.3 Å². The lowest BCUT2D eigenvalue weighted by molar-refractivity contribution is 0.0845. The first-order valence-electron chi connectivity index (χ1n) is 10.9. The van der Waals surface area contributed by atoms with Crippen molar-refractivity contribution in [2.45, 2.75) is 59.9 Å². The molecule has 170 valence electrons. The van der Waals surface area contributed by atoms with E-state index < -0.39 is 11.8 Å². The quantitative estimate of drug-likeness (QED) is 0.399. The largest absolute Gasteiger partial charge is 0.290 e. The molecule has 2 N–H and O–H groups in total. The van der Waals surface area contributed by atoms with E-state index in [2.05, 4.69) is 41.7 Å². The predicted octanol–water partition coefficient (Wildman–Crippen LogP) is 3.62. The number of hydrogen-bond donors (Lipinski definition) is 2. The lowest BCUT2D eigenvalue weighted by Crippen LogP contribution is -2.42. The van der Waals surface area contributed by atoms with Gasteiger partial charge in [0, 0.05) is 18.4 Å². The minimum atomic E-state index is -0.580. The summed E-state index contributed by atoms with van der Waals surface area (Å²) in [5, 5.41) is 6.07. The summed E-state index contributed by atoms with van der Waals surface area (Å²) in [6.07, 6.45) is 3.56. The number of fused-ring (bicyclic) bond motifs is 1. The van der Waals surface area contributed by atoms with E-state index in [1.165, 1.54) is 16.0 Å². The lowest BCUT2D eigenvalue weighted by Gasteiger charge is -2.11. The summed E-state index contributed by atoms with van der Waals surface area (Å²) in [4.78, 5) is 43.2. The molecule has 0 aliphatic heterocycles. The van der Waals surface area contributed by atoms with Crippen LogP contribution in [0.2, 0.25) is 0 Å². The number of thiazole rings is 1. The van der Waals surface area contributed by atoms with Gasteiger partial charge in [-0.3, -0.25) is 25.2 Å². The van der Waals surface area contributed by atoms with Gasteiger partial charge >= 0.3 is 0 Å². The number of aryl methyl sites for hydroxylation is 2. The maximum atomic E-state index is 12.9. The molecule has 0 atom stereocenters. The van der Waals surface area contributed by atoms with E-state index in [9.17, 15) is 14.4 Å². The van der Waals surface area contributed by atoms with Crippen LogP contribution in [0.1, 0.15) is 70.9 Å². The molecule has 0 bridgehead atoms. The second-order valence-electron chi connectivity index (χ2n) is 8.16. The zero-order valence-electron chi connectivity index (χ0n) is 18.9. The molecular formula is C23H29N5O3S. The van der Waals surface area contributed by atoms with Gasteiger partial charge in [-0.05, 0) is 25.3 Å². The molecule has 2 heterocycles. The molecule has 3 rings (SSSR count). The number of carbonyl (C=O) groups excluding carboxylic acids is 2. The van der Waals surface area contributed by atoms with Gasteiger partial charge in [-0.15, -0.1) is 11.3 Å². The van der Waals surface area contributed by atoms with E-state index in [1.807, 2.05) is 0 Å². The maximum Gasteiger partial charge on any atom is 0.290 e. The third-order valence-electron chi connectivity index (χ3n) is 4.98. The second-order valence-corrected chi connectivity index (χ2v) is 9.24. The number of hydrazine groups is 1. The fraction of sp³-hybridized carbons (Fsp3) is 0.435. The molecule has 0 unspecified atom stereocenters. The molecule has 32 heavy (non-hydrogen) atoms. The first kappa shape index (κ1) is 23.6. The average Bonchev–Trinajstić information content (AvgIpc) is 3.12. The maximum absolute atomic E-state index is 12.9. The van der Waals surface area contributed by atoms with Gasteiger partial charge in [-0.25, -0.2) is 9.67 Å². The van der Waals surface area contributed by atoms with Crippen LogP contribution in [-0.4, -0.2) is 26.6 Å². The van der Waals surface area contributed by atoms with Gasteiger partial charge in [-0.1, -0.05) is 51.8 Å². The third-order valence-corrected chi connectivity index (χ3v) is 6.15. The molecule has 9 heteroatoms. The molecule has 2 amide bonds. The van der Waals surface area contributed by atoms with Crippen molar-refractivity contribution in [3.8, 4) is 0 Å². The number of carbonyl (C=O) groups is 2. The summed E-state index contributed by atoms with van der Waals surface area (Å²) in [5.74, 6) is -0.573. The summed E-state index contributed by atoms with van der Waals surface area (Å²) >= 11 is 1.33. The molecule has 0 aliphatic carbocycles. The first-order chi connectivity index (χ1) is 15.3. The van der Waals surface area contributed by atoms with Crippen molar-refractivity contribution >= 4 is 33.9 Å². The van der Waals surface area contributed by atoms with E-state index in [0.29, 0.717) is 33.8 Å². The highest BCUT2D eigenvalue weighted by Crippen LogP contribution is 2.20. The fourth-order valence-corrected chi connectivity index (χ4v) is 4.57. The van der Waals surface area contributed by atoms with E-state index in [4.69, 9.17) is 0 Å². The number of aromatic nitrogens is 3. The Hall–Kier alpha value is -3.07. The normalized spacial score (nSPS) is 11.2. The van der Waals surface area contributed by atoms with Gasteiger partial charge in [0.2, 0.25) is 0 Å². The highest BCUT2D eigenvalue weighted by Gasteiger charge is 2.20. The smallest absolute Gasteiger partial charge is 0.267 e. The number of unbranched alkanes of at least 4 members (excludes halogenated alkanes) is 2. The number of nitrogens with zero attached hydrogens (tertiary/aromatic N) is 3. The van der Waals surface area contributed by atoms with Crippen molar-refractivity contribution in [3.63, 3.8) is 0 Å². The van der Waals surface area contributed by atoms with Crippen LogP contribution in [0.15, 0.2) is 29.1 Å². The van der Waals surface area contributed by atoms with Crippen LogP contribution in [0.25, 0.3) is 10.8 Å². The molecule has 0 saturated carbocycles. The van der Waals surface area contributed by atoms with Crippen LogP contribution in [-0.2, 0) is 13.0 Å². The third kappa shape index (κ3) is 5.40. The van der Waals surface area contributed by atoms with Crippen LogP contribution in [0.3, 0.4) is 0 Å².